The maximum atomic E-state index is 12.2. The first-order chi connectivity index (χ1) is 13.0. The summed E-state index contributed by atoms with van der Waals surface area (Å²) in [5, 5.41) is 10.1. The van der Waals surface area contributed by atoms with E-state index in [4.69, 9.17) is 4.74 Å². The molecule has 0 unspecified atom stereocenters. The van der Waals surface area contributed by atoms with Crippen LogP contribution in [0.2, 0.25) is 0 Å². The number of carbonyl (C=O) groups is 1. The molecule has 4 heterocycles. The Hall–Kier alpha value is -1.57. The highest BCUT2D eigenvalue weighted by molar-refractivity contribution is 5.77. The molecular formula is C20H30N4O3. The zero-order valence-corrected chi connectivity index (χ0v) is 16.3. The van der Waals surface area contributed by atoms with Crippen molar-refractivity contribution < 1.29 is 14.6 Å². The molecule has 3 aliphatic rings. The van der Waals surface area contributed by atoms with Gasteiger partial charge in [-0.2, -0.15) is 0 Å². The molecule has 3 aliphatic heterocycles. The van der Waals surface area contributed by atoms with Gasteiger partial charge in [0.15, 0.2) is 0 Å². The van der Waals surface area contributed by atoms with E-state index < -0.39 is 11.4 Å². The van der Waals surface area contributed by atoms with Gasteiger partial charge in [0.05, 0.1) is 5.41 Å². The molecule has 1 aromatic heterocycles. The van der Waals surface area contributed by atoms with E-state index in [1.165, 1.54) is 0 Å². The molecule has 1 N–H and O–H groups in total. The summed E-state index contributed by atoms with van der Waals surface area (Å²) < 4.78 is 5.47. The van der Waals surface area contributed by atoms with Gasteiger partial charge < -0.3 is 9.84 Å². The molecule has 0 aliphatic carbocycles. The second kappa shape index (κ2) is 7.45. The molecule has 7 nitrogen and oxygen atoms in total. The summed E-state index contributed by atoms with van der Waals surface area (Å²) in [5.41, 5.74) is 0.415. The topological polar surface area (TPSA) is 78.8 Å². The molecule has 2 atom stereocenters. The molecular weight excluding hydrogens is 344 g/mol. The van der Waals surface area contributed by atoms with E-state index in [0.29, 0.717) is 25.0 Å². The van der Waals surface area contributed by atoms with Crippen molar-refractivity contribution in [1.29, 1.82) is 0 Å². The smallest absolute Gasteiger partial charge is 0.312 e. The number of carboxylic acid groups (broad SMARTS) is 1. The van der Waals surface area contributed by atoms with Gasteiger partial charge in [0.1, 0.15) is 5.82 Å². The van der Waals surface area contributed by atoms with Crippen molar-refractivity contribution in [3.63, 3.8) is 0 Å². The molecule has 1 aromatic rings. The summed E-state index contributed by atoms with van der Waals surface area (Å²) in [6.45, 7) is 9.47. The SMILES string of the molecule is CC(C)c1ncc(CN2C[C@H]3CN(C4CCOCC4)C[C@@]3(C(=O)O)C2)cn1. The van der Waals surface area contributed by atoms with Gasteiger partial charge in [-0.3, -0.25) is 14.6 Å². The number of hydrogen-bond donors (Lipinski definition) is 1. The van der Waals surface area contributed by atoms with E-state index >= 15 is 0 Å². The minimum Gasteiger partial charge on any atom is -0.481 e. The summed E-state index contributed by atoms with van der Waals surface area (Å²) in [6.07, 6.45) is 5.81. The third-order valence-corrected chi connectivity index (χ3v) is 6.49. The molecule has 0 bridgehead atoms. The lowest BCUT2D eigenvalue weighted by atomic mass is 9.81. The third-order valence-electron chi connectivity index (χ3n) is 6.49. The first-order valence-corrected chi connectivity index (χ1v) is 10.1. The normalized spacial score (nSPS) is 30.1. The maximum Gasteiger partial charge on any atom is 0.312 e. The van der Waals surface area contributed by atoms with Crippen LogP contribution in [-0.2, 0) is 16.1 Å². The summed E-state index contributed by atoms with van der Waals surface area (Å²) in [4.78, 5) is 25.8. The molecule has 0 amide bonds. The summed E-state index contributed by atoms with van der Waals surface area (Å²) in [7, 11) is 0. The molecule has 7 heteroatoms. The predicted octanol–water partition coefficient (Wildman–Crippen LogP) is 1.60. The fourth-order valence-electron chi connectivity index (χ4n) is 4.96. The first-order valence-electron chi connectivity index (χ1n) is 10.1. The van der Waals surface area contributed by atoms with E-state index in [1.54, 1.807) is 0 Å². The molecule has 0 spiro atoms. The molecule has 3 saturated heterocycles. The van der Waals surface area contributed by atoms with Crippen LogP contribution in [0.25, 0.3) is 0 Å². The second-order valence-electron chi connectivity index (χ2n) is 8.71. The zero-order valence-electron chi connectivity index (χ0n) is 16.3. The number of ether oxygens (including phenoxy) is 1. The minimum absolute atomic E-state index is 0.189. The Morgan fingerprint density at radius 3 is 2.56 bits per heavy atom. The molecule has 0 aromatic carbocycles. The molecule has 0 saturated carbocycles. The van der Waals surface area contributed by atoms with Gasteiger partial charge in [0.2, 0.25) is 0 Å². The van der Waals surface area contributed by atoms with Crippen molar-refractivity contribution >= 4 is 5.97 Å². The van der Waals surface area contributed by atoms with Crippen LogP contribution >= 0.6 is 0 Å². The van der Waals surface area contributed by atoms with Crippen LogP contribution in [-0.4, -0.2) is 76.3 Å². The summed E-state index contributed by atoms with van der Waals surface area (Å²) in [6, 6.07) is 0.478. The number of aromatic nitrogens is 2. The lowest BCUT2D eigenvalue weighted by Crippen LogP contribution is -2.44. The third kappa shape index (κ3) is 3.60. The first kappa shape index (κ1) is 18.8. The van der Waals surface area contributed by atoms with Crippen molar-refractivity contribution in [2.45, 2.75) is 45.2 Å². The number of aliphatic carboxylic acids is 1. The van der Waals surface area contributed by atoms with Crippen LogP contribution in [0.3, 0.4) is 0 Å². The molecule has 27 heavy (non-hydrogen) atoms. The van der Waals surface area contributed by atoms with E-state index in [1.807, 2.05) is 12.4 Å². The van der Waals surface area contributed by atoms with Crippen LogP contribution in [0.4, 0.5) is 0 Å². The van der Waals surface area contributed by atoms with Crippen LogP contribution in [0.5, 0.6) is 0 Å². The fourth-order valence-corrected chi connectivity index (χ4v) is 4.96. The zero-order chi connectivity index (χ0) is 19.0. The number of hydrogen-bond acceptors (Lipinski definition) is 6. The molecule has 4 rings (SSSR count). The van der Waals surface area contributed by atoms with Gasteiger partial charge in [-0.05, 0) is 12.8 Å². The van der Waals surface area contributed by atoms with Gasteiger partial charge in [-0.15, -0.1) is 0 Å². The Morgan fingerprint density at radius 2 is 1.96 bits per heavy atom. The standard InChI is InChI=1S/C20H30N4O3/c1-14(2)18-21-7-15(8-22-18)9-23-10-16-11-24(17-3-5-27-6-4-17)13-20(16,12-23)19(25)26/h7-8,14,16-17H,3-6,9-13H2,1-2H3,(H,25,26)/t16-,20-/m0/s1. The van der Waals surface area contributed by atoms with E-state index in [0.717, 1.165) is 57.1 Å². The minimum atomic E-state index is -0.643. The average molecular weight is 374 g/mol. The van der Waals surface area contributed by atoms with Crippen molar-refractivity contribution in [2.75, 3.05) is 39.4 Å². The maximum absolute atomic E-state index is 12.2. The van der Waals surface area contributed by atoms with E-state index in [2.05, 4.69) is 33.6 Å². The van der Waals surface area contributed by atoms with Crippen molar-refractivity contribution in [2.24, 2.45) is 11.3 Å². The Morgan fingerprint density at radius 1 is 1.26 bits per heavy atom. The Balaban J connectivity index is 1.42. The average Bonchev–Trinajstić information content (AvgIpc) is 3.18. The van der Waals surface area contributed by atoms with Crippen molar-refractivity contribution in [3.8, 4) is 0 Å². The molecule has 0 radical (unpaired) electrons. The quantitative estimate of drug-likeness (QED) is 0.838. The van der Waals surface area contributed by atoms with Gasteiger partial charge in [0, 0.05) is 81.8 Å². The predicted molar refractivity (Wildman–Crippen MR) is 100 cm³/mol. The number of carboxylic acids is 1. The summed E-state index contributed by atoms with van der Waals surface area (Å²) >= 11 is 0. The lowest BCUT2D eigenvalue weighted by molar-refractivity contribution is -0.149. The molecule has 148 valence electrons. The highest BCUT2D eigenvalue weighted by Crippen LogP contribution is 2.44. The Bertz CT molecular complexity index is 674. The Labute approximate surface area is 160 Å². The number of likely N-dealkylation sites (tertiary alicyclic amines) is 2. The van der Waals surface area contributed by atoms with Gasteiger partial charge in [-0.1, -0.05) is 13.8 Å². The van der Waals surface area contributed by atoms with Crippen LogP contribution in [0, 0.1) is 11.3 Å². The van der Waals surface area contributed by atoms with E-state index in [9.17, 15) is 9.90 Å². The highest BCUT2D eigenvalue weighted by atomic mass is 16.5. The van der Waals surface area contributed by atoms with Gasteiger partial charge in [-0.25, -0.2) is 9.97 Å². The van der Waals surface area contributed by atoms with E-state index in [-0.39, 0.29) is 5.92 Å². The van der Waals surface area contributed by atoms with Gasteiger partial charge >= 0.3 is 5.97 Å². The van der Waals surface area contributed by atoms with Crippen molar-refractivity contribution in [1.82, 2.24) is 19.8 Å². The van der Waals surface area contributed by atoms with Crippen LogP contribution < -0.4 is 0 Å². The number of fused-ring (bicyclic) bond motifs is 1. The lowest BCUT2D eigenvalue weighted by Gasteiger charge is -2.33. The second-order valence-corrected chi connectivity index (χ2v) is 8.71. The fraction of sp³-hybridized carbons (Fsp3) is 0.750. The summed E-state index contributed by atoms with van der Waals surface area (Å²) in [5.74, 6) is 0.715. The van der Waals surface area contributed by atoms with Gasteiger partial charge in [0.25, 0.3) is 0 Å². The Kier molecular flexibility index (Phi) is 5.18. The largest absolute Gasteiger partial charge is 0.481 e. The molecule has 3 fully saturated rings. The number of nitrogens with zero attached hydrogens (tertiary/aromatic N) is 4. The monoisotopic (exact) mass is 374 g/mol. The number of rotatable bonds is 5. The highest BCUT2D eigenvalue weighted by Gasteiger charge is 2.58. The van der Waals surface area contributed by atoms with Crippen molar-refractivity contribution in [3.05, 3.63) is 23.8 Å². The van der Waals surface area contributed by atoms with Crippen LogP contribution in [0.1, 0.15) is 44.0 Å². The van der Waals surface area contributed by atoms with Crippen LogP contribution in [0.15, 0.2) is 12.4 Å².